The van der Waals surface area contributed by atoms with Crippen LogP contribution in [0.25, 0.3) is 10.9 Å². The van der Waals surface area contributed by atoms with Gasteiger partial charge in [-0.2, -0.15) is 23.4 Å². The lowest BCUT2D eigenvalue weighted by molar-refractivity contribution is -0.137. The number of nitrogens with one attached hydrogen (secondary N) is 2. The van der Waals surface area contributed by atoms with Crippen LogP contribution in [-0.2, 0) is 6.18 Å². The van der Waals surface area contributed by atoms with Crippen molar-refractivity contribution in [1.82, 2.24) is 20.5 Å². The number of rotatable bonds is 3. The van der Waals surface area contributed by atoms with Crippen LogP contribution in [0.1, 0.15) is 11.3 Å². The first-order chi connectivity index (χ1) is 13.8. The van der Waals surface area contributed by atoms with E-state index in [0.29, 0.717) is 30.1 Å². The molecule has 7 nitrogen and oxygen atoms in total. The predicted octanol–water partition coefficient (Wildman–Crippen LogP) is 3.36. The molecule has 0 saturated carbocycles. The van der Waals surface area contributed by atoms with Crippen LogP contribution in [-0.4, -0.2) is 40.3 Å². The molecule has 1 aliphatic heterocycles. The lowest BCUT2D eigenvalue weighted by Crippen LogP contribution is -2.60. The Hall–Kier alpha value is -3.43. The molecule has 29 heavy (non-hydrogen) atoms. The first-order valence-corrected chi connectivity index (χ1v) is 8.88. The number of hydrogen-bond donors (Lipinski definition) is 2. The number of hydrogen-bond acceptors (Lipinski definition) is 5. The number of fused-ring (bicyclic) bond motifs is 1. The molecule has 2 aromatic heterocycles. The third kappa shape index (κ3) is 4.05. The summed E-state index contributed by atoms with van der Waals surface area (Å²) >= 11 is 0. The Labute approximate surface area is 163 Å². The monoisotopic (exact) mass is 402 g/mol. The van der Waals surface area contributed by atoms with Gasteiger partial charge in [-0.3, -0.25) is 0 Å². The number of urea groups is 1. The van der Waals surface area contributed by atoms with Crippen LogP contribution in [0.2, 0.25) is 0 Å². The molecule has 2 N–H and O–H groups in total. The van der Waals surface area contributed by atoms with Gasteiger partial charge in [0.05, 0.1) is 28.5 Å². The van der Waals surface area contributed by atoms with Crippen LogP contribution >= 0.6 is 0 Å². The van der Waals surface area contributed by atoms with Crippen molar-refractivity contribution in [3.63, 3.8) is 0 Å². The molecule has 4 rings (SSSR count). The van der Waals surface area contributed by atoms with Crippen molar-refractivity contribution in [2.45, 2.75) is 19.1 Å². The number of pyridine rings is 1. The van der Waals surface area contributed by atoms with Crippen molar-refractivity contribution < 1.29 is 18.0 Å². The normalized spacial score (nSPS) is 14.6. The van der Waals surface area contributed by atoms with E-state index >= 15 is 0 Å². The smallest absolute Gasteiger partial charge is 0.352 e. The summed E-state index contributed by atoms with van der Waals surface area (Å²) in [7, 11) is 0. The molecule has 3 aromatic rings. The summed E-state index contributed by atoms with van der Waals surface area (Å²) in [4.78, 5) is 18.0. The van der Waals surface area contributed by atoms with Gasteiger partial charge in [-0.15, -0.1) is 0 Å². The molecule has 0 aliphatic carbocycles. The summed E-state index contributed by atoms with van der Waals surface area (Å²) in [5, 5.41) is 14.5. The Kier molecular flexibility index (Phi) is 4.69. The van der Waals surface area contributed by atoms with Gasteiger partial charge in [-0.1, -0.05) is 6.07 Å². The highest BCUT2D eigenvalue weighted by Gasteiger charge is 2.32. The zero-order valence-corrected chi connectivity index (χ0v) is 15.4. The number of carbonyl (C=O) groups excluding carboxylic acids is 1. The second-order valence-electron chi connectivity index (χ2n) is 6.83. The molecule has 1 saturated heterocycles. The Morgan fingerprint density at radius 1 is 1.17 bits per heavy atom. The zero-order valence-electron chi connectivity index (χ0n) is 15.4. The molecule has 0 unspecified atom stereocenters. The fourth-order valence-corrected chi connectivity index (χ4v) is 3.11. The lowest BCUT2D eigenvalue weighted by Gasteiger charge is -2.40. The summed E-state index contributed by atoms with van der Waals surface area (Å²) in [5.74, 6) is 0.444. The number of halogens is 3. The second-order valence-corrected chi connectivity index (χ2v) is 6.83. The number of anilines is 2. The molecule has 10 heteroatoms. The minimum atomic E-state index is -4.41. The van der Waals surface area contributed by atoms with Crippen molar-refractivity contribution in [3.05, 3.63) is 53.9 Å². The quantitative estimate of drug-likeness (QED) is 0.702. The SMILES string of the molecule is Cc1cc2c(NC(=O)NC3CN(c4ccc(C(F)(F)F)cn4)C3)cccc2nn1. The van der Waals surface area contributed by atoms with Gasteiger partial charge in [-0.25, -0.2) is 9.78 Å². The topological polar surface area (TPSA) is 83.0 Å². The second kappa shape index (κ2) is 7.19. The van der Waals surface area contributed by atoms with E-state index in [1.807, 2.05) is 19.1 Å². The number of nitrogens with zero attached hydrogens (tertiary/aromatic N) is 4. The summed E-state index contributed by atoms with van der Waals surface area (Å²) in [6, 6.07) is 9.06. The fourth-order valence-electron chi connectivity index (χ4n) is 3.11. The van der Waals surface area contributed by atoms with Crippen molar-refractivity contribution >= 4 is 28.4 Å². The summed E-state index contributed by atoms with van der Waals surface area (Å²) in [5.41, 5.74) is 1.26. The summed E-state index contributed by atoms with van der Waals surface area (Å²) in [6.07, 6.45) is -3.59. The Morgan fingerprint density at radius 3 is 2.66 bits per heavy atom. The van der Waals surface area contributed by atoms with E-state index in [1.54, 1.807) is 17.0 Å². The van der Waals surface area contributed by atoms with Gasteiger partial charge >= 0.3 is 12.2 Å². The van der Waals surface area contributed by atoms with Crippen molar-refractivity contribution in [2.24, 2.45) is 0 Å². The van der Waals surface area contributed by atoms with Gasteiger partial charge in [0.25, 0.3) is 0 Å². The lowest BCUT2D eigenvalue weighted by atomic mass is 10.1. The zero-order chi connectivity index (χ0) is 20.6. The van der Waals surface area contributed by atoms with Crippen LogP contribution in [0.3, 0.4) is 0 Å². The average Bonchev–Trinajstić information content (AvgIpc) is 2.64. The van der Waals surface area contributed by atoms with Crippen molar-refractivity contribution in [2.75, 3.05) is 23.3 Å². The molecule has 0 atom stereocenters. The number of aryl methyl sites for hydroxylation is 1. The molecule has 1 aliphatic rings. The highest BCUT2D eigenvalue weighted by atomic mass is 19.4. The summed E-state index contributed by atoms with van der Waals surface area (Å²) < 4.78 is 37.8. The largest absolute Gasteiger partial charge is 0.417 e. The minimum Gasteiger partial charge on any atom is -0.352 e. The fraction of sp³-hybridized carbons (Fsp3) is 0.263. The van der Waals surface area contributed by atoms with E-state index in [-0.39, 0.29) is 12.1 Å². The Morgan fingerprint density at radius 2 is 1.97 bits per heavy atom. The Balaban J connectivity index is 1.34. The van der Waals surface area contributed by atoms with Gasteiger partial charge in [0.15, 0.2) is 0 Å². The van der Waals surface area contributed by atoms with E-state index in [1.165, 1.54) is 6.07 Å². The molecule has 1 fully saturated rings. The average molecular weight is 402 g/mol. The Bertz CT molecular complexity index is 1050. The van der Waals surface area contributed by atoms with Crippen LogP contribution < -0.4 is 15.5 Å². The van der Waals surface area contributed by atoms with Crippen LogP contribution in [0.15, 0.2) is 42.6 Å². The van der Waals surface area contributed by atoms with Crippen LogP contribution in [0, 0.1) is 6.92 Å². The number of benzene rings is 1. The van der Waals surface area contributed by atoms with Crippen LogP contribution in [0.4, 0.5) is 29.5 Å². The van der Waals surface area contributed by atoms with Gasteiger partial charge in [-0.05, 0) is 37.3 Å². The highest BCUT2D eigenvalue weighted by Crippen LogP contribution is 2.30. The molecule has 150 valence electrons. The number of carbonyl (C=O) groups is 1. The maximum absolute atomic E-state index is 12.6. The van der Waals surface area contributed by atoms with E-state index < -0.39 is 11.7 Å². The van der Waals surface area contributed by atoms with E-state index in [0.717, 1.165) is 23.3 Å². The minimum absolute atomic E-state index is 0.129. The first-order valence-electron chi connectivity index (χ1n) is 8.88. The third-order valence-corrected chi connectivity index (χ3v) is 4.62. The van der Waals surface area contributed by atoms with Gasteiger partial charge in [0.2, 0.25) is 0 Å². The van der Waals surface area contributed by atoms with Crippen molar-refractivity contribution in [3.8, 4) is 0 Å². The van der Waals surface area contributed by atoms with Gasteiger partial charge < -0.3 is 15.5 Å². The van der Waals surface area contributed by atoms with Crippen molar-refractivity contribution in [1.29, 1.82) is 0 Å². The number of alkyl halides is 3. The summed E-state index contributed by atoms with van der Waals surface area (Å²) in [6.45, 7) is 2.75. The van der Waals surface area contributed by atoms with Gasteiger partial charge in [0.1, 0.15) is 5.82 Å². The molecule has 0 radical (unpaired) electrons. The number of aromatic nitrogens is 3. The molecular formula is C19H17F3N6O. The van der Waals surface area contributed by atoms with Gasteiger partial charge in [0, 0.05) is 24.7 Å². The van der Waals surface area contributed by atoms with E-state index in [4.69, 9.17) is 0 Å². The van der Waals surface area contributed by atoms with E-state index in [9.17, 15) is 18.0 Å². The number of amides is 2. The molecule has 0 spiro atoms. The molecular weight excluding hydrogens is 385 g/mol. The third-order valence-electron chi connectivity index (χ3n) is 4.62. The molecule has 0 bridgehead atoms. The van der Waals surface area contributed by atoms with E-state index in [2.05, 4.69) is 25.8 Å². The predicted molar refractivity (Wildman–Crippen MR) is 102 cm³/mol. The molecule has 3 heterocycles. The molecule has 1 aromatic carbocycles. The highest BCUT2D eigenvalue weighted by molar-refractivity contribution is 6.00. The maximum atomic E-state index is 12.6. The van der Waals surface area contributed by atoms with Crippen LogP contribution in [0.5, 0.6) is 0 Å². The standard InChI is InChI=1S/C19H17F3N6O/c1-11-7-14-15(3-2-4-16(14)27-26-11)25-18(29)24-13-9-28(10-13)17-6-5-12(8-23-17)19(20,21)22/h2-8,13H,9-10H2,1H3,(H2,24,25,29). The maximum Gasteiger partial charge on any atom is 0.417 e. The first kappa shape index (κ1) is 18.9. The molecule has 2 amide bonds.